The van der Waals surface area contributed by atoms with E-state index in [1.165, 1.54) is 0 Å². The molecule has 1 amide bonds. The van der Waals surface area contributed by atoms with Crippen LogP contribution in [0.2, 0.25) is 0 Å². The van der Waals surface area contributed by atoms with Crippen molar-refractivity contribution in [3.05, 3.63) is 71.7 Å². The minimum Gasteiger partial charge on any atom is -0.441 e. The Kier molecular flexibility index (Phi) is 3.87. The Labute approximate surface area is 165 Å². The van der Waals surface area contributed by atoms with Gasteiger partial charge in [0.05, 0.1) is 22.3 Å². The van der Waals surface area contributed by atoms with Crippen LogP contribution in [0.15, 0.2) is 63.5 Å². The van der Waals surface area contributed by atoms with Crippen LogP contribution in [0.1, 0.15) is 21.9 Å². The van der Waals surface area contributed by atoms with Gasteiger partial charge in [0, 0.05) is 18.2 Å². The van der Waals surface area contributed by atoms with Crippen molar-refractivity contribution in [1.29, 1.82) is 0 Å². The number of amides is 1. The van der Waals surface area contributed by atoms with E-state index >= 15 is 0 Å². The van der Waals surface area contributed by atoms with Crippen LogP contribution in [0.3, 0.4) is 0 Å². The number of pyridine rings is 1. The van der Waals surface area contributed by atoms with E-state index in [0.717, 1.165) is 5.56 Å². The number of anilines is 1. The number of hydrogen-bond donors (Lipinski definition) is 1. The van der Waals surface area contributed by atoms with E-state index < -0.39 is 0 Å². The van der Waals surface area contributed by atoms with Crippen LogP contribution in [0, 0.1) is 13.8 Å². The third-order valence-electron chi connectivity index (χ3n) is 4.68. The highest BCUT2D eigenvalue weighted by Gasteiger charge is 2.20. The molecule has 0 unspecified atom stereocenters. The van der Waals surface area contributed by atoms with Gasteiger partial charge in [-0.2, -0.15) is 0 Å². The van der Waals surface area contributed by atoms with Crippen molar-refractivity contribution >= 4 is 33.8 Å². The number of hydrogen-bond acceptors (Lipinski definition) is 6. The van der Waals surface area contributed by atoms with Gasteiger partial charge in [0.2, 0.25) is 0 Å². The minimum atomic E-state index is -0.277. The first-order valence-corrected chi connectivity index (χ1v) is 9.09. The average Bonchev–Trinajstić information content (AvgIpc) is 3.29. The first kappa shape index (κ1) is 17.1. The predicted octanol–water partition coefficient (Wildman–Crippen LogP) is 4.90. The van der Waals surface area contributed by atoms with Crippen LogP contribution in [-0.2, 0) is 0 Å². The molecule has 7 heteroatoms. The summed E-state index contributed by atoms with van der Waals surface area (Å²) in [6.45, 7) is 3.57. The molecule has 5 aromatic rings. The highest BCUT2D eigenvalue weighted by atomic mass is 16.5. The lowest BCUT2D eigenvalue weighted by molar-refractivity contribution is 0.102. The number of carbonyl (C=O) groups is 1. The highest BCUT2D eigenvalue weighted by Crippen LogP contribution is 2.28. The number of aryl methyl sites for hydroxylation is 2. The van der Waals surface area contributed by atoms with Crippen molar-refractivity contribution in [1.82, 2.24) is 15.1 Å². The summed E-state index contributed by atoms with van der Waals surface area (Å²) in [4.78, 5) is 22.0. The van der Waals surface area contributed by atoms with Crippen LogP contribution in [0.25, 0.3) is 33.5 Å². The molecular weight excluding hydrogens is 368 g/mol. The molecular formula is C22H16N4O3. The summed E-state index contributed by atoms with van der Waals surface area (Å²) < 4.78 is 10.8. The van der Waals surface area contributed by atoms with E-state index in [9.17, 15) is 4.79 Å². The lowest BCUT2D eigenvalue weighted by Crippen LogP contribution is -2.13. The molecule has 3 heterocycles. The predicted molar refractivity (Wildman–Crippen MR) is 109 cm³/mol. The van der Waals surface area contributed by atoms with Gasteiger partial charge in [-0.3, -0.25) is 4.79 Å². The van der Waals surface area contributed by atoms with Gasteiger partial charge in [-0.25, -0.2) is 9.97 Å². The number of aromatic nitrogens is 3. The van der Waals surface area contributed by atoms with Crippen LogP contribution in [0.5, 0.6) is 0 Å². The topological polar surface area (TPSA) is 94.1 Å². The molecule has 0 atom stereocenters. The maximum Gasteiger partial charge on any atom is 0.259 e. The van der Waals surface area contributed by atoms with Crippen molar-refractivity contribution in [2.75, 3.05) is 5.32 Å². The summed E-state index contributed by atoms with van der Waals surface area (Å²) in [6, 6.07) is 16.7. The lowest BCUT2D eigenvalue weighted by atomic mass is 10.0. The molecule has 0 aliphatic carbocycles. The van der Waals surface area contributed by atoms with E-state index in [4.69, 9.17) is 8.94 Å². The van der Waals surface area contributed by atoms with Gasteiger partial charge in [-0.1, -0.05) is 35.5 Å². The lowest BCUT2D eigenvalue weighted by Gasteiger charge is -2.08. The number of carbonyl (C=O) groups excluding carboxylic acids is 1. The van der Waals surface area contributed by atoms with Gasteiger partial charge < -0.3 is 14.3 Å². The summed E-state index contributed by atoms with van der Waals surface area (Å²) in [5.74, 6) is 0.298. The Morgan fingerprint density at radius 2 is 1.83 bits per heavy atom. The quantitative estimate of drug-likeness (QED) is 0.475. The van der Waals surface area contributed by atoms with Crippen LogP contribution < -0.4 is 5.32 Å². The van der Waals surface area contributed by atoms with Gasteiger partial charge >= 0.3 is 0 Å². The van der Waals surface area contributed by atoms with Gasteiger partial charge in [0.15, 0.2) is 11.5 Å². The summed E-state index contributed by atoms with van der Waals surface area (Å²) >= 11 is 0. The molecule has 7 nitrogen and oxygen atoms in total. The zero-order valence-corrected chi connectivity index (χ0v) is 15.8. The molecule has 0 fully saturated rings. The fourth-order valence-corrected chi connectivity index (χ4v) is 3.35. The number of fused-ring (bicyclic) bond motifs is 2. The minimum absolute atomic E-state index is 0.277. The van der Waals surface area contributed by atoms with Crippen molar-refractivity contribution in [3.8, 4) is 11.3 Å². The molecule has 29 heavy (non-hydrogen) atoms. The van der Waals surface area contributed by atoms with E-state index in [1.54, 1.807) is 38.1 Å². The molecule has 5 rings (SSSR count). The van der Waals surface area contributed by atoms with E-state index in [0.29, 0.717) is 50.7 Å². The number of nitrogens with zero attached hydrogens (tertiary/aromatic N) is 3. The first-order valence-electron chi connectivity index (χ1n) is 9.09. The first-order chi connectivity index (χ1) is 14.1. The third kappa shape index (κ3) is 3.02. The maximum absolute atomic E-state index is 13.2. The molecule has 1 N–H and O–H groups in total. The number of benzene rings is 2. The smallest absolute Gasteiger partial charge is 0.259 e. The summed E-state index contributed by atoms with van der Waals surface area (Å²) in [5.41, 5.74) is 4.90. The molecule has 0 spiro atoms. The molecule has 0 radical (unpaired) electrons. The Balaban J connectivity index is 1.58. The fourth-order valence-electron chi connectivity index (χ4n) is 3.35. The normalized spacial score (nSPS) is 11.2. The fraction of sp³-hybridized carbons (Fsp3) is 0.0909. The Bertz CT molecular complexity index is 1370. The number of rotatable bonds is 3. The Hall–Kier alpha value is -4.00. The zero-order chi connectivity index (χ0) is 20.0. The Morgan fingerprint density at radius 1 is 1.00 bits per heavy atom. The largest absolute Gasteiger partial charge is 0.441 e. The zero-order valence-electron chi connectivity index (χ0n) is 15.8. The van der Waals surface area contributed by atoms with E-state index in [1.807, 2.05) is 30.3 Å². The van der Waals surface area contributed by atoms with Crippen LogP contribution in [0.4, 0.5) is 5.69 Å². The summed E-state index contributed by atoms with van der Waals surface area (Å²) in [6.07, 6.45) is 0. The molecule has 3 aromatic heterocycles. The second-order valence-electron chi connectivity index (χ2n) is 6.74. The Morgan fingerprint density at radius 3 is 2.66 bits per heavy atom. The number of nitrogens with one attached hydrogen (secondary N) is 1. The van der Waals surface area contributed by atoms with Crippen molar-refractivity contribution in [2.24, 2.45) is 0 Å². The highest BCUT2D eigenvalue weighted by molar-refractivity contribution is 6.13. The third-order valence-corrected chi connectivity index (χ3v) is 4.68. The second kappa shape index (κ2) is 6.56. The maximum atomic E-state index is 13.2. The molecule has 0 saturated heterocycles. The van der Waals surface area contributed by atoms with Gasteiger partial charge in [0.1, 0.15) is 5.52 Å². The molecule has 0 bridgehead atoms. The summed E-state index contributed by atoms with van der Waals surface area (Å²) in [5, 5.41) is 7.51. The van der Waals surface area contributed by atoms with Gasteiger partial charge in [-0.05, 0) is 31.2 Å². The van der Waals surface area contributed by atoms with Crippen LogP contribution in [-0.4, -0.2) is 21.0 Å². The van der Waals surface area contributed by atoms with Crippen LogP contribution >= 0.6 is 0 Å². The molecule has 142 valence electrons. The standard InChI is InChI=1S/C22H16N4O3/c1-12-20-16(11-17(25-22(20)29-26-12)14-6-4-3-5-7-14)21(27)24-15-8-9-19-18(10-15)23-13(2)28-19/h3-11H,1-2H3,(H,24,27). The van der Waals surface area contributed by atoms with Crippen molar-refractivity contribution in [2.45, 2.75) is 13.8 Å². The molecule has 0 saturated carbocycles. The SMILES string of the molecule is Cc1nc2cc(NC(=O)c3cc(-c4ccccc4)nc4onc(C)c34)ccc2o1. The summed E-state index contributed by atoms with van der Waals surface area (Å²) in [7, 11) is 0. The van der Waals surface area contributed by atoms with Gasteiger partial charge in [-0.15, -0.1) is 0 Å². The van der Waals surface area contributed by atoms with E-state index in [-0.39, 0.29) is 5.91 Å². The average molecular weight is 384 g/mol. The van der Waals surface area contributed by atoms with Crippen molar-refractivity contribution < 1.29 is 13.7 Å². The van der Waals surface area contributed by atoms with E-state index in [2.05, 4.69) is 20.4 Å². The molecule has 2 aromatic carbocycles. The van der Waals surface area contributed by atoms with Crippen molar-refractivity contribution in [3.63, 3.8) is 0 Å². The second-order valence-corrected chi connectivity index (χ2v) is 6.74. The monoisotopic (exact) mass is 384 g/mol. The number of oxazole rings is 1. The van der Waals surface area contributed by atoms with Gasteiger partial charge in [0.25, 0.3) is 11.6 Å². The molecule has 0 aliphatic heterocycles. The molecule has 0 aliphatic rings.